The number of nitrogens with zero attached hydrogens (tertiary/aromatic N) is 3. The molecule has 0 radical (unpaired) electrons. The van der Waals surface area contributed by atoms with Crippen molar-refractivity contribution in [2.24, 2.45) is 0 Å². The van der Waals surface area contributed by atoms with Gasteiger partial charge in [0.05, 0.1) is 5.69 Å². The van der Waals surface area contributed by atoms with Crippen molar-refractivity contribution >= 4 is 11.6 Å². The maximum absolute atomic E-state index is 12.6. The molecular formula is C14H24N4O. The molecule has 1 atom stereocenters. The van der Waals surface area contributed by atoms with Gasteiger partial charge in [-0.05, 0) is 26.5 Å². The SMILES string of the molecule is CCN1CCN(C(=O)c2cc(N)cn2CC)CC1C. The molecular weight excluding hydrogens is 240 g/mol. The molecule has 1 aromatic rings. The molecule has 19 heavy (non-hydrogen) atoms. The van der Waals surface area contributed by atoms with Gasteiger partial charge in [0, 0.05) is 38.4 Å². The summed E-state index contributed by atoms with van der Waals surface area (Å²) in [6, 6.07) is 2.20. The minimum Gasteiger partial charge on any atom is -0.397 e. The number of hydrogen-bond acceptors (Lipinski definition) is 3. The molecule has 2 N–H and O–H groups in total. The topological polar surface area (TPSA) is 54.5 Å². The van der Waals surface area contributed by atoms with Gasteiger partial charge in [0.2, 0.25) is 0 Å². The minimum atomic E-state index is 0.0983. The molecule has 5 nitrogen and oxygen atoms in total. The molecule has 0 aliphatic carbocycles. The minimum absolute atomic E-state index is 0.0983. The van der Waals surface area contributed by atoms with Crippen LogP contribution in [-0.2, 0) is 6.54 Å². The van der Waals surface area contributed by atoms with Gasteiger partial charge in [-0.3, -0.25) is 9.69 Å². The van der Waals surface area contributed by atoms with Crippen LogP contribution in [0.3, 0.4) is 0 Å². The van der Waals surface area contributed by atoms with Crippen molar-refractivity contribution in [1.82, 2.24) is 14.4 Å². The first kappa shape index (κ1) is 13.9. The van der Waals surface area contributed by atoms with Crippen molar-refractivity contribution in [1.29, 1.82) is 0 Å². The second-order valence-corrected chi connectivity index (χ2v) is 5.17. The second-order valence-electron chi connectivity index (χ2n) is 5.17. The lowest BCUT2D eigenvalue weighted by molar-refractivity contribution is 0.0519. The summed E-state index contributed by atoms with van der Waals surface area (Å²) in [6.45, 7) is 10.7. The number of aromatic nitrogens is 1. The number of carbonyl (C=O) groups excluding carboxylic acids is 1. The van der Waals surface area contributed by atoms with Gasteiger partial charge in [0.15, 0.2) is 0 Å². The number of carbonyl (C=O) groups is 1. The van der Waals surface area contributed by atoms with Crippen LogP contribution in [-0.4, -0.2) is 52.5 Å². The number of amides is 1. The molecule has 0 saturated carbocycles. The summed E-state index contributed by atoms with van der Waals surface area (Å²) in [6.07, 6.45) is 1.83. The van der Waals surface area contributed by atoms with Crippen LogP contribution in [0.1, 0.15) is 31.3 Å². The summed E-state index contributed by atoms with van der Waals surface area (Å²) in [5, 5.41) is 0. The molecule has 0 aromatic carbocycles. The maximum atomic E-state index is 12.6. The quantitative estimate of drug-likeness (QED) is 0.894. The molecule has 1 aromatic heterocycles. The van der Waals surface area contributed by atoms with E-state index in [9.17, 15) is 4.79 Å². The van der Waals surface area contributed by atoms with Crippen LogP contribution in [0.15, 0.2) is 12.3 Å². The highest BCUT2D eigenvalue weighted by Gasteiger charge is 2.27. The van der Waals surface area contributed by atoms with E-state index in [1.54, 1.807) is 6.07 Å². The summed E-state index contributed by atoms with van der Waals surface area (Å²) >= 11 is 0. The predicted molar refractivity (Wildman–Crippen MR) is 77.1 cm³/mol. The maximum Gasteiger partial charge on any atom is 0.270 e. The van der Waals surface area contributed by atoms with E-state index in [0.29, 0.717) is 17.4 Å². The fourth-order valence-corrected chi connectivity index (χ4v) is 2.79. The van der Waals surface area contributed by atoms with Gasteiger partial charge >= 0.3 is 0 Å². The van der Waals surface area contributed by atoms with Gasteiger partial charge in [0.25, 0.3) is 5.91 Å². The third kappa shape index (κ3) is 2.76. The summed E-state index contributed by atoms with van der Waals surface area (Å²) < 4.78 is 1.93. The summed E-state index contributed by atoms with van der Waals surface area (Å²) in [7, 11) is 0. The number of aryl methyl sites for hydroxylation is 1. The van der Waals surface area contributed by atoms with Crippen molar-refractivity contribution in [3.05, 3.63) is 18.0 Å². The van der Waals surface area contributed by atoms with E-state index in [1.807, 2.05) is 22.6 Å². The van der Waals surface area contributed by atoms with Gasteiger partial charge in [0.1, 0.15) is 5.69 Å². The zero-order chi connectivity index (χ0) is 14.0. The highest BCUT2D eigenvalue weighted by Crippen LogP contribution is 2.16. The number of hydrogen-bond donors (Lipinski definition) is 1. The molecule has 2 rings (SSSR count). The van der Waals surface area contributed by atoms with Crippen molar-refractivity contribution in [2.75, 3.05) is 31.9 Å². The van der Waals surface area contributed by atoms with E-state index < -0.39 is 0 Å². The lowest BCUT2D eigenvalue weighted by Gasteiger charge is -2.39. The number of rotatable bonds is 3. The Balaban J connectivity index is 2.12. The number of nitrogen functional groups attached to an aromatic ring is 1. The normalized spacial score (nSPS) is 20.8. The van der Waals surface area contributed by atoms with Crippen LogP contribution in [0.2, 0.25) is 0 Å². The molecule has 1 aliphatic rings. The molecule has 1 saturated heterocycles. The molecule has 1 amide bonds. The fourth-order valence-electron chi connectivity index (χ4n) is 2.79. The highest BCUT2D eigenvalue weighted by molar-refractivity contribution is 5.94. The molecule has 2 heterocycles. The van der Waals surface area contributed by atoms with Gasteiger partial charge in [-0.2, -0.15) is 0 Å². The van der Waals surface area contributed by atoms with E-state index in [1.165, 1.54) is 0 Å². The first-order valence-corrected chi connectivity index (χ1v) is 7.05. The van der Waals surface area contributed by atoms with Crippen molar-refractivity contribution in [2.45, 2.75) is 33.4 Å². The van der Waals surface area contributed by atoms with Crippen molar-refractivity contribution < 1.29 is 4.79 Å². The molecule has 0 spiro atoms. The predicted octanol–water partition coefficient (Wildman–Crippen LogP) is 1.26. The van der Waals surface area contributed by atoms with E-state index in [4.69, 9.17) is 5.73 Å². The molecule has 106 valence electrons. The van der Waals surface area contributed by atoms with Crippen LogP contribution >= 0.6 is 0 Å². The lowest BCUT2D eigenvalue weighted by atomic mass is 10.2. The summed E-state index contributed by atoms with van der Waals surface area (Å²) in [5.74, 6) is 0.0983. The van der Waals surface area contributed by atoms with Crippen LogP contribution in [0.5, 0.6) is 0 Å². The highest BCUT2D eigenvalue weighted by atomic mass is 16.2. The van der Waals surface area contributed by atoms with Crippen LogP contribution in [0.4, 0.5) is 5.69 Å². The average Bonchev–Trinajstić information content (AvgIpc) is 2.79. The average molecular weight is 264 g/mol. The third-order valence-corrected chi connectivity index (χ3v) is 3.94. The Bertz CT molecular complexity index is 454. The first-order valence-electron chi connectivity index (χ1n) is 7.05. The van der Waals surface area contributed by atoms with E-state index >= 15 is 0 Å². The number of likely N-dealkylation sites (N-methyl/N-ethyl adjacent to an activating group) is 1. The summed E-state index contributed by atoms with van der Waals surface area (Å²) in [4.78, 5) is 16.9. The molecule has 0 bridgehead atoms. The van der Waals surface area contributed by atoms with Crippen LogP contribution < -0.4 is 5.73 Å². The Morgan fingerprint density at radius 2 is 2.11 bits per heavy atom. The monoisotopic (exact) mass is 264 g/mol. The number of anilines is 1. The van der Waals surface area contributed by atoms with Gasteiger partial charge in [-0.15, -0.1) is 0 Å². The molecule has 1 aliphatic heterocycles. The molecule has 1 unspecified atom stereocenters. The standard InChI is InChI=1S/C14H24N4O/c1-4-16-6-7-18(9-11(16)3)14(19)13-8-12(15)10-17(13)5-2/h8,10-11H,4-7,9,15H2,1-3H3. The van der Waals surface area contributed by atoms with Gasteiger partial charge < -0.3 is 15.2 Å². The summed E-state index contributed by atoms with van der Waals surface area (Å²) in [5.41, 5.74) is 7.16. The zero-order valence-corrected chi connectivity index (χ0v) is 12.1. The third-order valence-electron chi connectivity index (χ3n) is 3.94. The Hall–Kier alpha value is -1.49. The number of piperazine rings is 1. The van der Waals surface area contributed by atoms with Crippen molar-refractivity contribution in [3.8, 4) is 0 Å². The Labute approximate surface area is 115 Å². The second kappa shape index (κ2) is 5.65. The fraction of sp³-hybridized carbons (Fsp3) is 0.643. The molecule has 1 fully saturated rings. The van der Waals surface area contributed by atoms with Gasteiger partial charge in [-0.1, -0.05) is 6.92 Å². The Kier molecular flexibility index (Phi) is 4.14. The zero-order valence-electron chi connectivity index (χ0n) is 12.1. The smallest absolute Gasteiger partial charge is 0.270 e. The first-order chi connectivity index (χ1) is 9.06. The van der Waals surface area contributed by atoms with E-state index in [2.05, 4.69) is 18.7 Å². The van der Waals surface area contributed by atoms with Crippen LogP contribution in [0, 0.1) is 0 Å². The van der Waals surface area contributed by atoms with E-state index in [-0.39, 0.29) is 5.91 Å². The van der Waals surface area contributed by atoms with Crippen LogP contribution in [0.25, 0.3) is 0 Å². The van der Waals surface area contributed by atoms with Crippen molar-refractivity contribution in [3.63, 3.8) is 0 Å². The Morgan fingerprint density at radius 1 is 1.37 bits per heavy atom. The van der Waals surface area contributed by atoms with Gasteiger partial charge in [-0.25, -0.2) is 0 Å². The largest absolute Gasteiger partial charge is 0.397 e. The Morgan fingerprint density at radius 3 is 2.68 bits per heavy atom. The lowest BCUT2D eigenvalue weighted by Crippen LogP contribution is -2.53. The molecule has 5 heteroatoms. The van der Waals surface area contributed by atoms with E-state index in [0.717, 1.165) is 32.7 Å². The number of nitrogens with two attached hydrogens (primary N) is 1.